The molecule has 0 aromatic heterocycles. The highest BCUT2D eigenvalue weighted by molar-refractivity contribution is 6.42. The first kappa shape index (κ1) is 24.2. The SMILES string of the molecule is C[C@H](C(=O)NC1CCCC1)N(Cc1c(Cl)cccc1Cl)C(=O)Cc1ccc(Cl)c(Cl)c1. The summed E-state index contributed by atoms with van der Waals surface area (Å²) in [5, 5.41) is 4.76. The minimum absolute atomic E-state index is 0.0695. The van der Waals surface area contributed by atoms with Crippen molar-refractivity contribution in [3.63, 3.8) is 0 Å². The van der Waals surface area contributed by atoms with Crippen LogP contribution in [-0.4, -0.2) is 28.8 Å². The van der Waals surface area contributed by atoms with Gasteiger partial charge in [0.05, 0.1) is 16.5 Å². The lowest BCUT2D eigenvalue weighted by Crippen LogP contribution is -2.50. The van der Waals surface area contributed by atoms with Gasteiger partial charge < -0.3 is 10.2 Å². The Balaban J connectivity index is 1.83. The summed E-state index contributed by atoms with van der Waals surface area (Å²) < 4.78 is 0. The molecule has 8 heteroatoms. The highest BCUT2D eigenvalue weighted by Gasteiger charge is 2.29. The molecule has 4 nitrogen and oxygen atoms in total. The van der Waals surface area contributed by atoms with Gasteiger partial charge >= 0.3 is 0 Å². The van der Waals surface area contributed by atoms with Crippen molar-refractivity contribution in [3.05, 3.63) is 67.6 Å². The molecule has 1 saturated carbocycles. The number of benzene rings is 2. The molecular formula is C23H24Cl4N2O2. The predicted molar refractivity (Wildman–Crippen MR) is 127 cm³/mol. The van der Waals surface area contributed by atoms with Gasteiger partial charge in [-0.15, -0.1) is 0 Å². The number of carbonyl (C=O) groups is 2. The minimum Gasteiger partial charge on any atom is -0.352 e. The van der Waals surface area contributed by atoms with Crippen LogP contribution in [0.2, 0.25) is 20.1 Å². The van der Waals surface area contributed by atoms with Gasteiger partial charge in [-0.25, -0.2) is 0 Å². The Morgan fingerprint density at radius 2 is 1.65 bits per heavy atom. The number of nitrogens with zero attached hydrogens (tertiary/aromatic N) is 1. The number of halogens is 4. The van der Waals surface area contributed by atoms with E-state index in [9.17, 15) is 9.59 Å². The van der Waals surface area contributed by atoms with Crippen molar-refractivity contribution in [3.8, 4) is 0 Å². The van der Waals surface area contributed by atoms with Crippen molar-refractivity contribution in [1.29, 1.82) is 0 Å². The lowest BCUT2D eigenvalue weighted by atomic mass is 10.1. The highest BCUT2D eigenvalue weighted by atomic mass is 35.5. The van der Waals surface area contributed by atoms with Crippen molar-refractivity contribution in [2.45, 2.75) is 57.7 Å². The molecule has 166 valence electrons. The maximum absolute atomic E-state index is 13.3. The van der Waals surface area contributed by atoms with Gasteiger partial charge in [-0.3, -0.25) is 9.59 Å². The minimum atomic E-state index is -0.691. The molecule has 31 heavy (non-hydrogen) atoms. The van der Waals surface area contributed by atoms with Crippen LogP contribution in [0, 0.1) is 0 Å². The van der Waals surface area contributed by atoms with E-state index in [0.29, 0.717) is 31.2 Å². The van der Waals surface area contributed by atoms with E-state index in [1.165, 1.54) is 4.90 Å². The maximum Gasteiger partial charge on any atom is 0.242 e. The summed E-state index contributed by atoms with van der Waals surface area (Å²) in [6, 6.07) is 9.70. The predicted octanol–water partition coefficient (Wildman–Crippen LogP) is 6.32. The van der Waals surface area contributed by atoms with Gasteiger partial charge in [0.2, 0.25) is 11.8 Å². The molecule has 1 N–H and O–H groups in total. The second kappa shape index (κ2) is 10.9. The second-order valence-corrected chi connectivity index (χ2v) is 9.44. The average Bonchev–Trinajstić information content (AvgIpc) is 3.23. The van der Waals surface area contributed by atoms with Gasteiger partial charge in [0.1, 0.15) is 6.04 Å². The van der Waals surface area contributed by atoms with E-state index >= 15 is 0 Å². The number of carbonyl (C=O) groups excluding carboxylic acids is 2. The summed E-state index contributed by atoms with van der Waals surface area (Å²) in [6.45, 7) is 1.85. The summed E-state index contributed by atoms with van der Waals surface area (Å²) in [7, 11) is 0. The van der Waals surface area contributed by atoms with Crippen molar-refractivity contribution in [1.82, 2.24) is 10.2 Å². The fourth-order valence-electron chi connectivity index (χ4n) is 3.75. The molecule has 0 radical (unpaired) electrons. The van der Waals surface area contributed by atoms with Gasteiger partial charge in [0.25, 0.3) is 0 Å². The molecular weight excluding hydrogens is 478 g/mol. The Hall–Kier alpha value is -1.46. The van der Waals surface area contributed by atoms with Crippen molar-refractivity contribution in [2.24, 2.45) is 0 Å². The zero-order valence-electron chi connectivity index (χ0n) is 17.1. The smallest absolute Gasteiger partial charge is 0.242 e. The Morgan fingerprint density at radius 3 is 2.26 bits per heavy atom. The van der Waals surface area contributed by atoms with Crippen LogP contribution in [0.5, 0.6) is 0 Å². The summed E-state index contributed by atoms with van der Waals surface area (Å²) in [5.74, 6) is -0.416. The van der Waals surface area contributed by atoms with Crippen LogP contribution in [0.4, 0.5) is 0 Å². The zero-order valence-corrected chi connectivity index (χ0v) is 20.2. The van der Waals surface area contributed by atoms with Gasteiger partial charge in [-0.2, -0.15) is 0 Å². The summed E-state index contributed by atoms with van der Waals surface area (Å²) in [4.78, 5) is 27.8. The van der Waals surface area contributed by atoms with Crippen LogP contribution in [0.15, 0.2) is 36.4 Å². The molecule has 0 spiro atoms. The first-order valence-electron chi connectivity index (χ1n) is 10.2. The van der Waals surface area contributed by atoms with Gasteiger partial charge in [-0.05, 0) is 49.6 Å². The normalized spacial score (nSPS) is 15.0. The fraction of sp³-hybridized carbons (Fsp3) is 0.391. The molecule has 1 aliphatic rings. The third-order valence-electron chi connectivity index (χ3n) is 5.60. The van der Waals surface area contributed by atoms with Crippen LogP contribution < -0.4 is 5.32 Å². The van der Waals surface area contributed by atoms with Gasteiger partial charge in [0, 0.05) is 28.2 Å². The molecule has 0 unspecified atom stereocenters. The number of amides is 2. The van der Waals surface area contributed by atoms with E-state index in [-0.39, 0.29) is 30.8 Å². The zero-order chi connectivity index (χ0) is 22.5. The lowest BCUT2D eigenvalue weighted by molar-refractivity contribution is -0.140. The maximum atomic E-state index is 13.3. The van der Waals surface area contributed by atoms with Crippen LogP contribution in [0.25, 0.3) is 0 Å². The summed E-state index contributed by atoms with van der Waals surface area (Å²) >= 11 is 24.8. The Bertz CT molecular complexity index is 940. The van der Waals surface area contributed by atoms with E-state index in [1.807, 2.05) is 0 Å². The average molecular weight is 502 g/mol. The fourth-order valence-corrected chi connectivity index (χ4v) is 4.59. The molecule has 0 aliphatic heterocycles. The summed E-state index contributed by atoms with van der Waals surface area (Å²) in [6.07, 6.45) is 4.21. The third kappa shape index (κ3) is 6.29. The lowest BCUT2D eigenvalue weighted by Gasteiger charge is -2.30. The molecule has 1 aliphatic carbocycles. The molecule has 1 fully saturated rings. The molecule has 0 saturated heterocycles. The van der Waals surface area contributed by atoms with Crippen LogP contribution in [-0.2, 0) is 22.6 Å². The van der Waals surface area contributed by atoms with Crippen LogP contribution in [0.1, 0.15) is 43.7 Å². The number of nitrogens with one attached hydrogen (secondary N) is 1. The topological polar surface area (TPSA) is 49.4 Å². The van der Waals surface area contributed by atoms with Crippen molar-refractivity contribution in [2.75, 3.05) is 0 Å². The van der Waals surface area contributed by atoms with Crippen molar-refractivity contribution >= 4 is 58.2 Å². The van der Waals surface area contributed by atoms with Crippen LogP contribution in [0.3, 0.4) is 0 Å². The molecule has 2 aromatic rings. The highest BCUT2D eigenvalue weighted by Crippen LogP contribution is 2.28. The Kier molecular flexibility index (Phi) is 8.51. The molecule has 0 heterocycles. The molecule has 2 aromatic carbocycles. The number of hydrogen-bond acceptors (Lipinski definition) is 2. The van der Waals surface area contributed by atoms with Crippen molar-refractivity contribution < 1.29 is 9.59 Å². The monoisotopic (exact) mass is 500 g/mol. The molecule has 1 atom stereocenters. The largest absolute Gasteiger partial charge is 0.352 e. The summed E-state index contributed by atoms with van der Waals surface area (Å²) in [5.41, 5.74) is 1.31. The first-order chi connectivity index (χ1) is 14.8. The standard InChI is InChI=1S/C23H24Cl4N2O2/c1-14(23(31)28-16-5-2-3-6-16)29(13-17-18(24)7-4-8-19(17)25)22(30)12-15-9-10-20(26)21(27)11-15/h4,7-11,14,16H,2-3,5-6,12-13H2,1H3,(H,28,31)/t14-/m1/s1. The van der Waals surface area contributed by atoms with E-state index in [0.717, 1.165) is 25.7 Å². The van der Waals surface area contributed by atoms with Gasteiger partial charge in [0.15, 0.2) is 0 Å². The van der Waals surface area contributed by atoms with Gasteiger partial charge in [-0.1, -0.05) is 71.4 Å². The molecule has 0 bridgehead atoms. The Labute approximate surface area is 202 Å². The van der Waals surface area contributed by atoms with E-state index in [4.69, 9.17) is 46.4 Å². The van der Waals surface area contributed by atoms with E-state index < -0.39 is 6.04 Å². The number of rotatable bonds is 7. The molecule has 2 amide bonds. The van der Waals surface area contributed by atoms with E-state index in [1.54, 1.807) is 43.3 Å². The quantitative estimate of drug-likeness (QED) is 0.482. The van der Waals surface area contributed by atoms with Crippen LogP contribution >= 0.6 is 46.4 Å². The Morgan fingerprint density at radius 1 is 1.00 bits per heavy atom. The second-order valence-electron chi connectivity index (χ2n) is 7.81. The number of hydrogen-bond donors (Lipinski definition) is 1. The van der Waals surface area contributed by atoms with E-state index in [2.05, 4.69) is 5.32 Å². The molecule has 3 rings (SSSR count). The third-order valence-corrected chi connectivity index (χ3v) is 7.05. The first-order valence-corrected chi connectivity index (χ1v) is 11.7.